The second-order valence-corrected chi connectivity index (χ2v) is 2.37. The molecule has 3 nitrogen and oxygen atoms in total. The van der Waals surface area contributed by atoms with Crippen LogP contribution in [0.1, 0.15) is 22.9 Å². The molecule has 0 amide bonds. The number of carbonyl (C=O) groups excluding carboxylic acids is 1. The summed E-state index contributed by atoms with van der Waals surface area (Å²) < 4.78 is 6.94. The number of nitrogens with zero attached hydrogens (tertiary/aromatic N) is 1. The first kappa shape index (κ1) is 7.03. The van der Waals surface area contributed by atoms with Crippen molar-refractivity contribution in [2.75, 3.05) is 0 Å². The summed E-state index contributed by atoms with van der Waals surface area (Å²) in [6, 6.07) is 4.92. The third-order valence-corrected chi connectivity index (χ3v) is 1.68. The van der Waals surface area contributed by atoms with Gasteiger partial charge in [0.2, 0.25) is 0 Å². The van der Waals surface area contributed by atoms with Gasteiger partial charge in [-0.25, -0.2) is 0 Å². The van der Waals surface area contributed by atoms with Gasteiger partial charge in [-0.15, -0.1) is 0 Å². The summed E-state index contributed by atoms with van der Waals surface area (Å²) in [4.78, 5) is 10.8. The number of hydrogen-bond acceptors (Lipinski definition) is 3. The Bertz CT molecular complexity index is 361. The average molecular weight is 165 g/mol. The Morgan fingerprint density at radius 2 is 2.25 bits per heavy atom. The van der Waals surface area contributed by atoms with Gasteiger partial charge >= 0.3 is 0 Å². The van der Waals surface area contributed by atoms with E-state index in [1.165, 1.54) is 6.21 Å². The first-order valence-corrected chi connectivity index (χ1v) is 3.45. The van der Waals surface area contributed by atoms with Crippen LogP contribution in [0.25, 0.3) is 0 Å². The van der Waals surface area contributed by atoms with Crippen LogP contribution in [0.15, 0.2) is 23.4 Å². The van der Waals surface area contributed by atoms with Crippen LogP contribution < -0.4 is 0 Å². The molecule has 0 unspecified atom stereocenters. The number of oxime groups is 1. The molecular weight excluding hydrogens is 154 g/mol. The van der Waals surface area contributed by atoms with E-state index in [0.29, 0.717) is 16.7 Å². The SMILES string of the molecule is [3H]C(=O)c1cccc(/C=N/O)c1C. The zero-order valence-corrected chi connectivity index (χ0v) is 6.61. The molecule has 0 radical (unpaired) electrons. The van der Waals surface area contributed by atoms with E-state index in [2.05, 4.69) is 5.16 Å². The molecule has 1 aromatic carbocycles. The lowest BCUT2D eigenvalue weighted by Crippen LogP contribution is -1.92. The normalized spacial score (nSPS) is 11.6. The van der Waals surface area contributed by atoms with Gasteiger partial charge in [-0.3, -0.25) is 4.79 Å². The smallest absolute Gasteiger partial charge is 0.150 e. The van der Waals surface area contributed by atoms with Gasteiger partial charge in [0, 0.05) is 5.56 Å². The van der Waals surface area contributed by atoms with Crippen molar-refractivity contribution in [3.63, 3.8) is 0 Å². The van der Waals surface area contributed by atoms with Crippen LogP contribution in [0, 0.1) is 6.92 Å². The molecule has 3 heteroatoms. The highest BCUT2D eigenvalue weighted by molar-refractivity contribution is 5.87. The van der Waals surface area contributed by atoms with Gasteiger partial charge in [-0.05, 0) is 18.1 Å². The van der Waals surface area contributed by atoms with Gasteiger partial charge in [-0.2, -0.15) is 0 Å². The minimum atomic E-state index is -0.731. The van der Waals surface area contributed by atoms with E-state index in [4.69, 9.17) is 6.58 Å². The molecule has 12 heavy (non-hydrogen) atoms. The monoisotopic (exact) mass is 165 g/mol. The van der Waals surface area contributed by atoms with E-state index in [9.17, 15) is 4.79 Å². The Balaban J connectivity index is 3.26. The quantitative estimate of drug-likeness (QED) is 0.313. The van der Waals surface area contributed by atoms with Gasteiger partial charge in [0.05, 0.1) is 6.21 Å². The van der Waals surface area contributed by atoms with Crippen molar-refractivity contribution in [1.82, 2.24) is 0 Å². The van der Waals surface area contributed by atoms with Gasteiger partial charge < -0.3 is 5.21 Å². The Morgan fingerprint density at radius 3 is 2.83 bits per heavy atom. The molecule has 0 bridgehead atoms. The molecule has 0 aliphatic heterocycles. The first-order valence-electron chi connectivity index (χ1n) is 3.95. The van der Waals surface area contributed by atoms with Crippen molar-refractivity contribution < 1.29 is 11.4 Å². The summed E-state index contributed by atoms with van der Waals surface area (Å²) >= 11 is 0. The molecule has 0 saturated heterocycles. The largest absolute Gasteiger partial charge is 0.411 e. The molecule has 0 aromatic heterocycles. The summed E-state index contributed by atoms with van der Waals surface area (Å²) in [5.41, 5.74) is 1.62. The van der Waals surface area contributed by atoms with Crippen molar-refractivity contribution >= 4 is 12.5 Å². The molecule has 1 N–H and O–H groups in total. The Kier molecular flexibility index (Phi) is 2.15. The molecule has 62 valence electrons. The zero-order chi connectivity index (χ0) is 9.84. The van der Waals surface area contributed by atoms with Crippen LogP contribution in [-0.4, -0.2) is 17.7 Å². The zero-order valence-electron chi connectivity index (χ0n) is 7.61. The lowest BCUT2D eigenvalue weighted by molar-refractivity contribution is 0.112. The molecule has 0 fully saturated rings. The predicted octanol–water partition coefficient (Wildman–Crippen LogP) is 1.62. The molecule has 1 rings (SSSR count). The molecule has 0 atom stereocenters. The number of rotatable bonds is 2. The molecule has 0 heterocycles. The predicted molar refractivity (Wildman–Crippen MR) is 45.9 cm³/mol. The molecule has 1 aromatic rings. The van der Waals surface area contributed by atoms with Crippen molar-refractivity contribution in [3.8, 4) is 0 Å². The molecular formula is C9H9NO2. The number of hydrogen-bond donors (Lipinski definition) is 1. The van der Waals surface area contributed by atoms with E-state index in [0.717, 1.165) is 0 Å². The number of aldehydes is 1. The van der Waals surface area contributed by atoms with Crippen LogP contribution in [0.5, 0.6) is 0 Å². The van der Waals surface area contributed by atoms with Crippen molar-refractivity contribution in [1.29, 1.82) is 0 Å². The van der Waals surface area contributed by atoms with E-state index >= 15 is 0 Å². The topological polar surface area (TPSA) is 49.7 Å². The van der Waals surface area contributed by atoms with E-state index in [1.54, 1.807) is 25.1 Å². The maximum absolute atomic E-state index is 10.8. The van der Waals surface area contributed by atoms with Crippen LogP contribution in [0.2, 0.25) is 0 Å². The fourth-order valence-corrected chi connectivity index (χ4v) is 0.966. The summed E-state index contributed by atoms with van der Waals surface area (Å²) in [6.07, 6.45) is 0.507. The van der Waals surface area contributed by atoms with Crippen LogP contribution in [0.4, 0.5) is 0 Å². The summed E-state index contributed by atoms with van der Waals surface area (Å²) in [5.74, 6) is 0. The number of carbonyl (C=O) groups is 1. The Hall–Kier alpha value is -1.64. The highest BCUT2D eigenvalue weighted by Crippen LogP contribution is 2.09. The Morgan fingerprint density at radius 1 is 1.58 bits per heavy atom. The van der Waals surface area contributed by atoms with Crippen molar-refractivity contribution in [2.24, 2.45) is 5.16 Å². The minimum Gasteiger partial charge on any atom is -0.411 e. The van der Waals surface area contributed by atoms with Crippen LogP contribution in [0.3, 0.4) is 0 Å². The molecule has 0 spiro atoms. The molecule has 0 saturated carbocycles. The lowest BCUT2D eigenvalue weighted by atomic mass is 10.0. The molecule has 0 aliphatic carbocycles. The van der Waals surface area contributed by atoms with Gasteiger partial charge in [0.1, 0.15) is 7.63 Å². The Labute approximate surface area is 71.7 Å². The van der Waals surface area contributed by atoms with Gasteiger partial charge in [0.25, 0.3) is 0 Å². The number of benzene rings is 1. The van der Waals surface area contributed by atoms with Crippen molar-refractivity contribution in [3.05, 3.63) is 34.9 Å². The highest BCUT2D eigenvalue weighted by atomic mass is 16.4. The summed E-state index contributed by atoms with van der Waals surface area (Å²) in [6.45, 7) is 1.71. The maximum Gasteiger partial charge on any atom is 0.150 e. The summed E-state index contributed by atoms with van der Waals surface area (Å²) in [5, 5.41) is 11.2. The van der Waals surface area contributed by atoms with Gasteiger partial charge in [-0.1, -0.05) is 23.4 Å². The fraction of sp³-hybridized carbons (Fsp3) is 0.111. The standard InChI is InChI=1S/C9H9NO2/c1-7-8(5-10-12)3-2-4-9(7)6-11/h2-6,12H,1H3/b10-5+/i6T. The third-order valence-electron chi connectivity index (χ3n) is 1.68. The maximum atomic E-state index is 10.8. The van der Waals surface area contributed by atoms with E-state index in [1.807, 2.05) is 0 Å². The molecule has 0 aliphatic rings. The summed E-state index contributed by atoms with van der Waals surface area (Å²) in [7, 11) is 0. The van der Waals surface area contributed by atoms with E-state index in [-0.39, 0.29) is 0 Å². The first-order chi connectivity index (χ1) is 6.16. The van der Waals surface area contributed by atoms with Gasteiger partial charge in [0.15, 0.2) is 0 Å². The second kappa shape index (κ2) is 3.67. The lowest BCUT2D eigenvalue weighted by Gasteiger charge is -2.00. The fourth-order valence-electron chi connectivity index (χ4n) is 0.966. The van der Waals surface area contributed by atoms with Crippen LogP contribution >= 0.6 is 0 Å². The highest BCUT2D eigenvalue weighted by Gasteiger charge is 1.99. The van der Waals surface area contributed by atoms with E-state index < -0.39 is 6.26 Å². The average Bonchev–Trinajstić information content (AvgIpc) is 2.08. The third kappa shape index (κ3) is 1.50. The minimum absolute atomic E-state index is 0.331. The second-order valence-electron chi connectivity index (χ2n) is 2.37. The van der Waals surface area contributed by atoms with Crippen LogP contribution in [-0.2, 0) is 0 Å². The van der Waals surface area contributed by atoms with Crippen molar-refractivity contribution in [2.45, 2.75) is 6.92 Å².